The lowest BCUT2D eigenvalue weighted by Crippen LogP contribution is -1.95. The van der Waals surface area contributed by atoms with E-state index in [0.717, 1.165) is 17.7 Å². The van der Waals surface area contributed by atoms with E-state index in [0.29, 0.717) is 0 Å². The van der Waals surface area contributed by atoms with Gasteiger partial charge >= 0.3 is 0 Å². The highest BCUT2D eigenvalue weighted by Gasteiger charge is 2.02. The van der Waals surface area contributed by atoms with Gasteiger partial charge in [0.25, 0.3) is 0 Å². The second-order valence-electron chi connectivity index (χ2n) is 2.66. The molecule has 1 heterocycles. The first-order valence-corrected chi connectivity index (χ1v) is 3.84. The van der Waals surface area contributed by atoms with Crippen LogP contribution in [-0.2, 0) is 0 Å². The van der Waals surface area contributed by atoms with E-state index in [1.54, 1.807) is 6.20 Å². The van der Waals surface area contributed by atoms with Gasteiger partial charge < -0.3 is 5.11 Å². The summed E-state index contributed by atoms with van der Waals surface area (Å²) in [5, 5.41) is 9.38. The Morgan fingerprint density at radius 2 is 2.27 bits per heavy atom. The molecule has 11 heavy (non-hydrogen) atoms. The van der Waals surface area contributed by atoms with Gasteiger partial charge in [-0.2, -0.15) is 0 Å². The summed E-state index contributed by atoms with van der Waals surface area (Å²) in [6.45, 7) is 3.88. The van der Waals surface area contributed by atoms with E-state index in [1.807, 2.05) is 26.0 Å². The molecule has 0 bridgehead atoms. The smallest absolute Gasteiger partial charge is 0.0802 e. The summed E-state index contributed by atoms with van der Waals surface area (Å²) < 4.78 is 0. The Bertz CT molecular complexity index is 218. The van der Waals surface area contributed by atoms with Crippen LogP contribution in [0.1, 0.15) is 30.7 Å². The zero-order chi connectivity index (χ0) is 8.27. The molecule has 1 rings (SSSR count). The molecule has 60 valence electrons. The third-order valence-electron chi connectivity index (χ3n) is 1.71. The minimum absolute atomic E-state index is 0.358. The Balaban J connectivity index is 2.81. The Morgan fingerprint density at radius 1 is 1.55 bits per heavy atom. The molecule has 2 nitrogen and oxygen atoms in total. The zero-order valence-corrected chi connectivity index (χ0v) is 6.91. The molecule has 0 aliphatic carbocycles. The highest BCUT2D eigenvalue weighted by Crippen LogP contribution is 2.14. The molecule has 1 aromatic rings. The van der Waals surface area contributed by atoms with Gasteiger partial charge in [-0.25, -0.2) is 0 Å². The topological polar surface area (TPSA) is 33.1 Å². The van der Waals surface area contributed by atoms with Gasteiger partial charge in [0, 0.05) is 11.9 Å². The van der Waals surface area contributed by atoms with Gasteiger partial charge in [-0.05, 0) is 25.0 Å². The first-order valence-electron chi connectivity index (χ1n) is 3.84. The number of rotatable bonds is 2. The van der Waals surface area contributed by atoms with Gasteiger partial charge in [0.2, 0.25) is 0 Å². The number of aromatic nitrogens is 1. The number of nitrogens with zero attached hydrogens (tertiary/aromatic N) is 1. The van der Waals surface area contributed by atoms with Gasteiger partial charge in [-0.1, -0.05) is 13.0 Å². The number of aliphatic hydroxyl groups is 1. The van der Waals surface area contributed by atoms with Crippen LogP contribution >= 0.6 is 0 Å². The fourth-order valence-corrected chi connectivity index (χ4v) is 0.912. The Kier molecular flexibility index (Phi) is 2.60. The van der Waals surface area contributed by atoms with Crippen LogP contribution in [0.3, 0.4) is 0 Å². The van der Waals surface area contributed by atoms with Gasteiger partial charge in [0.05, 0.1) is 6.10 Å². The van der Waals surface area contributed by atoms with Crippen molar-refractivity contribution in [2.45, 2.75) is 26.4 Å². The minimum Gasteiger partial charge on any atom is -0.388 e. The van der Waals surface area contributed by atoms with Crippen molar-refractivity contribution in [3.05, 3.63) is 29.6 Å². The fraction of sp³-hybridized carbons (Fsp3) is 0.444. The van der Waals surface area contributed by atoms with Crippen LogP contribution in [0.4, 0.5) is 0 Å². The largest absolute Gasteiger partial charge is 0.388 e. The summed E-state index contributed by atoms with van der Waals surface area (Å²) in [6.07, 6.45) is 2.11. The molecular weight excluding hydrogens is 138 g/mol. The van der Waals surface area contributed by atoms with Crippen LogP contribution < -0.4 is 0 Å². The molecule has 1 atom stereocenters. The molecule has 2 heteroatoms. The molecule has 0 aliphatic rings. The summed E-state index contributed by atoms with van der Waals surface area (Å²) in [5.74, 6) is 0. The quantitative estimate of drug-likeness (QED) is 0.699. The number of aliphatic hydroxyl groups excluding tert-OH is 1. The maximum atomic E-state index is 9.38. The van der Waals surface area contributed by atoms with Gasteiger partial charge in [-0.15, -0.1) is 0 Å². The zero-order valence-electron chi connectivity index (χ0n) is 6.91. The molecular formula is C9H13NO. The SMILES string of the molecule is CCC(O)c1ccc(C)nc1. The van der Waals surface area contributed by atoms with Gasteiger partial charge in [0.15, 0.2) is 0 Å². The van der Waals surface area contributed by atoms with Crippen molar-refractivity contribution in [1.82, 2.24) is 4.98 Å². The first kappa shape index (κ1) is 8.21. The molecule has 1 aromatic heterocycles. The molecule has 0 fully saturated rings. The molecule has 0 spiro atoms. The molecule has 0 aromatic carbocycles. The van der Waals surface area contributed by atoms with Crippen molar-refractivity contribution in [2.24, 2.45) is 0 Å². The second kappa shape index (κ2) is 3.49. The maximum absolute atomic E-state index is 9.38. The molecule has 0 saturated carbocycles. The Labute approximate surface area is 66.9 Å². The average Bonchev–Trinajstić information content (AvgIpc) is 2.05. The minimum atomic E-state index is -0.358. The molecule has 1 unspecified atom stereocenters. The lowest BCUT2D eigenvalue weighted by molar-refractivity contribution is 0.173. The summed E-state index contributed by atoms with van der Waals surface area (Å²) >= 11 is 0. The van der Waals surface area contributed by atoms with E-state index in [-0.39, 0.29) is 6.10 Å². The molecule has 0 saturated heterocycles. The van der Waals surface area contributed by atoms with Crippen molar-refractivity contribution < 1.29 is 5.11 Å². The van der Waals surface area contributed by atoms with E-state index >= 15 is 0 Å². The predicted octanol–water partition coefficient (Wildman–Crippen LogP) is 1.83. The number of aryl methyl sites for hydroxylation is 1. The van der Waals surface area contributed by atoms with E-state index in [4.69, 9.17) is 0 Å². The lowest BCUT2D eigenvalue weighted by atomic mass is 10.1. The van der Waals surface area contributed by atoms with Crippen LogP contribution in [0.2, 0.25) is 0 Å². The van der Waals surface area contributed by atoms with Crippen LogP contribution in [0.25, 0.3) is 0 Å². The van der Waals surface area contributed by atoms with Crippen LogP contribution in [0.5, 0.6) is 0 Å². The highest BCUT2D eigenvalue weighted by molar-refractivity contribution is 5.15. The van der Waals surface area contributed by atoms with E-state index < -0.39 is 0 Å². The van der Waals surface area contributed by atoms with Crippen LogP contribution in [0, 0.1) is 6.92 Å². The summed E-state index contributed by atoms with van der Waals surface area (Å²) in [4.78, 5) is 4.09. The molecule has 1 N–H and O–H groups in total. The Hall–Kier alpha value is -0.890. The summed E-state index contributed by atoms with van der Waals surface area (Å²) in [7, 11) is 0. The third kappa shape index (κ3) is 2.02. The highest BCUT2D eigenvalue weighted by atomic mass is 16.3. The molecule has 0 amide bonds. The van der Waals surface area contributed by atoms with Crippen LogP contribution in [-0.4, -0.2) is 10.1 Å². The van der Waals surface area contributed by atoms with E-state index in [2.05, 4.69) is 4.98 Å². The maximum Gasteiger partial charge on any atom is 0.0802 e. The van der Waals surface area contributed by atoms with Crippen molar-refractivity contribution in [2.75, 3.05) is 0 Å². The first-order chi connectivity index (χ1) is 5.24. The van der Waals surface area contributed by atoms with E-state index in [1.165, 1.54) is 0 Å². The Morgan fingerprint density at radius 3 is 2.73 bits per heavy atom. The normalized spacial score (nSPS) is 13.0. The van der Waals surface area contributed by atoms with E-state index in [9.17, 15) is 5.11 Å². The predicted molar refractivity (Wildman–Crippen MR) is 44.2 cm³/mol. The summed E-state index contributed by atoms with van der Waals surface area (Å²) in [6, 6.07) is 3.82. The summed E-state index contributed by atoms with van der Waals surface area (Å²) in [5.41, 5.74) is 1.88. The van der Waals surface area contributed by atoms with Crippen molar-refractivity contribution in [3.63, 3.8) is 0 Å². The number of hydrogen-bond acceptors (Lipinski definition) is 2. The number of hydrogen-bond donors (Lipinski definition) is 1. The van der Waals surface area contributed by atoms with Gasteiger partial charge in [0.1, 0.15) is 0 Å². The average molecular weight is 151 g/mol. The lowest BCUT2D eigenvalue weighted by Gasteiger charge is -2.06. The molecule has 0 aliphatic heterocycles. The third-order valence-corrected chi connectivity index (χ3v) is 1.71. The number of pyridine rings is 1. The van der Waals surface area contributed by atoms with Gasteiger partial charge in [-0.3, -0.25) is 4.98 Å². The molecule has 0 radical (unpaired) electrons. The standard InChI is InChI=1S/C9H13NO/c1-3-9(11)8-5-4-7(2)10-6-8/h4-6,9,11H,3H2,1-2H3. The second-order valence-corrected chi connectivity index (χ2v) is 2.66. The van der Waals surface area contributed by atoms with Crippen LogP contribution in [0.15, 0.2) is 18.3 Å². The van der Waals surface area contributed by atoms with Crippen molar-refractivity contribution >= 4 is 0 Å². The fourth-order valence-electron chi connectivity index (χ4n) is 0.912. The van der Waals surface area contributed by atoms with Crippen molar-refractivity contribution in [3.8, 4) is 0 Å². The monoisotopic (exact) mass is 151 g/mol. The van der Waals surface area contributed by atoms with Crippen molar-refractivity contribution in [1.29, 1.82) is 0 Å².